The van der Waals surface area contributed by atoms with Gasteiger partial charge in [-0.25, -0.2) is 9.78 Å². The molecule has 0 bridgehead atoms. The summed E-state index contributed by atoms with van der Waals surface area (Å²) in [6.07, 6.45) is 3.73. The number of rotatable bonds is 10. The van der Waals surface area contributed by atoms with E-state index >= 15 is 0 Å². The molecule has 0 fully saturated rings. The van der Waals surface area contributed by atoms with Crippen LogP contribution >= 0.6 is 0 Å². The van der Waals surface area contributed by atoms with Crippen LogP contribution in [0.5, 0.6) is 0 Å². The highest BCUT2D eigenvalue weighted by Crippen LogP contribution is 2.25. The number of ketones is 1. The van der Waals surface area contributed by atoms with Gasteiger partial charge in [-0.2, -0.15) is 5.10 Å². The fraction of sp³-hybridized carbons (Fsp3) is 0.458. The molecule has 182 valence electrons. The quantitative estimate of drug-likeness (QED) is 0.389. The predicted molar refractivity (Wildman–Crippen MR) is 128 cm³/mol. The normalized spacial score (nSPS) is 13.3. The molecule has 0 saturated carbocycles. The van der Waals surface area contributed by atoms with Crippen molar-refractivity contribution in [2.75, 3.05) is 5.32 Å². The lowest BCUT2D eigenvalue weighted by molar-refractivity contribution is -0.136. The number of ether oxygens (including phenoxy) is 1. The molecule has 34 heavy (non-hydrogen) atoms. The summed E-state index contributed by atoms with van der Waals surface area (Å²) in [7, 11) is 0. The molecular weight excluding hydrogens is 436 g/mol. The van der Waals surface area contributed by atoms with Gasteiger partial charge in [0.2, 0.25) is 5.78 Å². The van der Waals surface area contributed by atoms with Crippen LogP contribution in [0.3, 0.4) is 0 Å². The van der Waals surface area contributed by atoms with E-state index < -0.39 is 29.9 Å². The van der Waals surface area contributed by atoms with Crippen molar-refractivity contribution < 1.29 is 19.1 Å². The van der Waals surface area contributed by atoms with E-state index in [-0.39, 0.29) is 5.41 Å². The smallest absolute Gasteiger partial charge is 0.408 e. The van der Waals surface area contributed by atoms with Gasteiger partial charge >= 0.3 is 6.09 Å². The van der Waals surface area contributed by atoms with Crippen LogP contribution in [0.4, 0.5) is 10.6 Å². The number of imidazole rings is 1. The predicted octanol–water partition coefficient (Wildman–Crippen LogP) is 3.67. The molecule has 1 aromatic carbocycles. The van der Waals surface area contributed by atoms with Crippen LogP contribution < -0.4 is 10.6 Å². The fourth-order valence-corrected chi connectivity index (χ4v) is 3.47. The molecule has 0 aliphatic heterocycles. The van der Waals surface area contributed by atoms with Crippen molar-refractivity contribution in [3.63, 3.8) is 0 Å². The number of nitrogens with zero attached hydrogens (tertiary/aromatic N) is 3. The first kappa shape index (κ1) is 24.9. The number of carbonyl (C=O) groups is 3. The Hall–Kier alpha value is -3.69. The van der Waals surface area contributed by atoms with Gasteiger partial charge in [0.05, 0.1) is 30.1 Å². The van der Waals surface area contributed by atoms with E-state index in [1.807, 2.05) is 56.5 Å². The van der Waals surface area contributed by atoms with Gasteiger partial charge in [-0.05, 0) is 18.6 Å². The zero-order valence-corrected chi connectivity index (χ0v) is 20.0. The van der Waals surface area contributed by atoms with Gasteiger partial charge in [0, 0.05) is 11.5 Å². The fourth-order valence-electron chi connectivity index (χ4n) is 3.47. The minimum atomic E-state index is -0.995. The van der Waals surface area contributed by atoms with E-state index in [1.54, 1.807) is 6.33 Å². The molecule has 2 aromatic heterocycles. The number of aromatic amines is 1. The molecule has 3 N–H and O–H groups in total. The van der Waals surface area contributed by atoms with Gasteiger partial charge in [0.25, 0.3) is 5.91 Å². The molecule has 0 saturated heterocycles. The topological polar surface area (TPSA) is 131 Å². The number of hydrogen-bond acceptors (Lipinski definition) is 6. The van der Waals surface area contributed by atoms with Gasteiger partial charge in [-0.1, -0.05) is 52.7 Å². The lowest BCUT2D eigenvalue weighted by Gasteiger charge is -2.31. The third kappa shape index (κ3) is 6.43. The molecule has 2 amide bonds. The van der Waals surface area contributed by atoms with Crippen LogP contribution in [0.25, 0.3) is 11.0 Å². The lowest BCUT2D eigenvalue weighted by atomic mass is 9.89. The maximum atomic E-state index is 12.9. The number of alkyl carbamates (subject to hydrolysis) is 1. The second kappa shape index (κ2) is 11.0. The summed E-state index contributed by atoms with van der Waals surface area (Å²) >= 11 is 0. The highest BCUT2D eigenvalue weighted by molar-refractivity contribution is 6.42. The molecule has 0 radical (unpaired) electrons. The zero-order chi connectivity index (χ0) is 24.7. The summed E-state index contributed by atoms with van der Waals surface area (Å²) in [6.45, 7) is 8.28. The Bertz CT molecular complexity index is 1120. The van der Waals surface area contributed by atoms with Gasteiger partial charge in [0.15, 0.2) is 0 Å². The number of H-pyrrole nitrogens is 1. The standard InChI is InChI=1S/C24H32N6O4/c1-5-6-9-17(21(31)22(32)28-20-12-13-26-29-20)27-23(33)34-19(24(2,3)4)14-30-15-25-16-10-7-8-11-18(16)30/h7-8,10-13,15,17,19H,5-6,9,14H2,1-4H3,(H,27,33)(H2,26,28,29,32)/t17-,19+/m0/s1. The van der Waals surface area contributed by atoms with Gasteiger partial charge in [0.1, 0.15) is 18.0 Å². The van der Waals surface area contributed by atoms with Crippen molar-refractivity contribution in [2.24, 2.45) is 5.41 Å². The average Bonchev–Trinajstić information content (AvgIpc) is 3.45. The summed E-state index contributed by atoms with van der Waals surface area (Å²) in [4.78, 5) is 42.4. The maximum absolute atomic E-state index is 12.9. The van der Waals surface area contributed by atoms with Gasteiger partial charge in [-0.3, -0.25) is 14.7 Å². The van der Waals surface area contributed by atoms with Crippen molar-refractivity contribution in [1.29, 1.82) is 0 Å². The molecule has 0 unspecified atom stereocenters. The van der Waals surface area contributed by atoms with E-state index in [4.69, 9.17) is 4.74 Å². The first-order valence-corrected chi connectivity index (χ1v) is 11.4. The first-order valence-electron chi connectivity index (χ1n) is 11.4. The Morgan fingerprint density at radius 1 is 1.18 bits per heavy atom. The highest BCUT2D eigenvalue weighted by Gasteiger charge is 2.32. The molecule has 10 heteroatoms. The largest absolute Gasteiger partial charge is 0.444 e. The number of Topliss-reactive ketones (excluding diaryl/α,β-unsaturated/α-hetero) is 1. The summed E-state index contributed by atoms with van der Waals surface area (Å²) in [5, 5.41) is 11.4. The van der Waals surface area contributed by atoms with E-state index in [1.165, 1.54) is 12.3 Å². The molecule has 3 rings (SSSR count). The van der Waals surface area contributed by atoms with E-state index in [9.17, 15) is 14.4 Å². The highest BCUT2D eigenvalue weighted by atomic mass is 16.6. The molecule has 3 aromatic rings. The number of aromatic nitrogens is 4. The third-order valence-electron chi connectivity index (χ3n) is 5.53. The average molecular weight is 469 g/mol. The SMILES string of the molecule is CCCC[C@H](NC(=O)O[C@H](Cn1cnc2ccccc21)C(C)(C)C)C(=O)C(=O)Nc1ccn[nH]1. The van der Waals surface area contributed by atoms with Gasteiger partial charge in [-0.15, -0.1) is 0 Å². The van der Waals surface area contributed by atoms with Crippen molar-refractivity contribution in [2.45, 2.75) is 65.6 Å². The molecule has 10 nitrogen and oxygen atoms in total. The molecule has 0 spiro atoms. The lowest BCUT2D eigenvalue weighted by Crippen LogP contribution is -2.48. The molecular formula is C24H32N6O4. The Labute approximate surface area is 198 Å². The van der Waals surface area contributed by atoms with Crippen LogP contribution in [0.2, 0.25) is 0 Å². The summed E-state index contributed by atoms with van der Waals surface area (Å²) < 4.78 is 7.73. The van der Waals surface area contributed by atoms with Crippen LogP contribution in [0, 0.1) is 5.41 Å². The molecule has 0 aliphatic carbocycles. The van der Waals surface area contributed by atoms with E-state index in [2.05, 4.69) is 25.8 Å². The number of nitrogens with one attached hydrogen (secondary N) is 3. The Balaban J connectivity index is 1.69. The molecule has 2 atom stereocenters. The number of carbonyl (C=O) groups excluding carboxylic acids is 3. The maximum Gasteiger partial charge on any atom is 0.408 e. The number of anilines is 1. The minimum absolute atomic E-state index is 0.301. The van der Waals surface area contributed by atoms with E-state index in [0.29, 0.717) is 25.2 Å². The third-order valence-corrected chi connectivity index (χ3v) is 5.53. The van der Waals surface area contributed by atoms with Crippen LogP contribution in [0.15, 0.2) is 42.9 Å². The Morgan fingerprint density at radius 2 is 1.94 bits per heavy atom. The van der Waals surface area contributed by atoms with Crippen LogP contribution in [-0.2, 0) is 20.9 Å². The van der Waals surface area contributed by atoms with Crippen molar-refractivity contribution in [1.82, 2.24) is 25.1 Å². The van der Waals surface area contributed by atoms with Crippen LogP contribution in [-0.4, -0.2) is 49.7 Å². The number of amides is 2. The Morgan fingerprint density at radius 3 is 2.62 bits per heavy atom. The molecule has 2 heterocycles. The van der Waals surface area contributed by atoms with Crippen molar-refractivity contribution in [3.05, 3.63) is 42.9 Å². The number of para-hydroxylation sites is 2. The van der Waals surface area contributed by atoms with E-state index in [0.717, 1.165) is 17.5 Å². The first-order chi connectivity index (χ1) is 16.2. The summed E-state index contributed by atoms with van der Waals surface area (Å²) in [5.74, 6) is -1.27. The monoisotopic (exact) mass is 468 g/mol. The summed E-state index contributed by atoms with van der Waals surface area (Å²) in [6, 6.07) is 8.26. The van der Waals surface area contributed by atoms with Crippen LogP contribution in [0.1, 0.15) is 47.0 Å². The van der Waals surface area contributed by atoms with Crippen molar-refractivity contribution >= 4 is 34.6 Å². The number of hydrogen-bond donors (Lipinski definition) is 3. The molecule has 0 aliphatic rings. The van der Waals surface area contributed by atoms with Gasteiger partial charge < -0.3 is 19.9 Å². The second-order valence-electron chi connectivity index (χ2n) is 9.27. The number of benzene rings is 1. The second-order valence-corrected chi connectivity index (χ2v) is 9.27. The Kier molecular flexibility index (Phi) is 8.04. The summed E-state index contributed by atoms with van der Waals surface area (Å²) in [5.41, 5.74) is 1.41. The van der Waals surface area contributed by atoms with Crippen molar-refractivity contribution in [3.8, 4) is 0 Å². The number of fused-ring (bicyclic) bond motifs is 1. The minimum Gasteiger partial charge on any atom is -0.444 e. The number of unbranched alkanes of at least 4 members (excludes halogenated alkanes) is 1. The zero-order valence-electron chi connectivity index (χ0n) is 20.0.